The fourth-order valence-electron chi connectivity index (χ4n) is 6.08. The van der Waals surface area contributed by atoms with E-state index in [2.05, 4.69) is 10.2 Å². The second-order valence-corrected chi connectivity index (χ2v) is 11.5. The maximum Gasteiger partial charge on any atom is 0.416 e. The number of aryl methyl sites for hydroxylation is 1. The van der Waals surface area contributed by atoms with Gasteiger partial charge in [0.15, 0.2) is 12.0 Å². The topological polar surface area (TPSA) is 83.7 Å². The Morgan fingerprint density at radius 3 is 2.48 bits per heavy atom. The van der Waals surface area contributed by atoms with Crippen molar-refractivity contribution in [2.75, 3.05) is 37.8 Å². The standard InChI is InChI=1S/C29H30F5N5O3/c1-37-17-35-36-25(37)24(30)28(15-42-16-28)19-3-2-4-20(11-19)39-13-22-21(26(39)41)9-18(10-23(22)29(32,33)34)12-38-7-5-27(31,14-40)6-8-38/h2-4,9-11,17,24,40H,5-8,12-16H2,1H3/t24-/m1/s1. The lowest BCUT2D eigenvalue weighted by Crippen LogP contribution is -2.50. The molecule has 4 heterocycles. The quantitative estimate of drug-likeness (QED) is 0.414. The van der Waals surface area contributed by atoms with Gasteiger partial charge in [0.1, 0.15) is 12.0 Å². The van der Waals surface area contributed by atoms with Crippen LogP contribution in [0.4, 0.5) is 27.6 Å². The van der Waals surface area contributed by atoms with Gasteiger partial charge in [-0.2, -0.15) is 13.2 Å². The van der Waals surface area contributed by atoms with E-state index in [1.165, 1.54) is 21.9 Å². The van der Waals surface area contributed by atoms with Crippen molar-refractivity contribution in [3.63, 3.8) is 0 Å². The van der Waals surface area contributed by atoms with Crippen molar-refractivity contribution in [3.05, 3.63) is 76.4 Å². The predicted octanol–water partition coefficient (Wildman–Crippen LogP) is 4.27. The smallest absolute Gasteiger partial charge is 0.393 e. The summed E-state index contributed by atoms with van der Waals surface area (Å²) in [5.74, 6) is -0.460. The molecule has 3 aliphatic rings. The minimum atomic E-state index is -4.70. The average Bonchev–Trinajstić information content (AvgIpc) is 3.51. The van der Waals surface area contributed by atoms with Crippen molar-refractivity contribution in [2.24, 2.45) is 7.05 Å². The molecule has 0 saturated carbocycles. The SMILES string of the molecule is Cn1cnnc1[C@@H](F)C1(c2cccc(N3Cc4c(cc(CN5CCC(F)(CO)CC5)cc4C(F)(F)F)C3=O)c2)COC1. The number of fused-ring (bicyclic) bond motifs is 1. The fourth-order valence-corrected chi connectivity index (χ4v) is 6.08. The number of halogens is 5. The number of carbonyl (C=O) groups is 1. The largest absolute Gasteiger partial charge is 0.416 e. The number of alkyl halides is 5. The zero-order valence-corrected chi connectivity index (χ0v) is 22.9. The minimum Gasteiger partial charge on any atom is -0.393 e. The Hall–Kier alpha value is -3.42. The molecule has 1 N–H and O–H groups in total. The zero-order chi connectivity index (χ0) is 29.9. The summed E-state index contributed by atoms with van der Waals surface area (Å²) < 4.78 is 79.9. The first-order chi connectivity index (χ1) is 19.9. The van der Waals surface area contributed by atoms with Gasteiger partial charge in [0.25, 0.3) is 5.91 Å². The van der Waals surface area contributed by atoms with Crippen molar-refractivity contribution >= 4 is 11.6 Å². The Labute approximate surface area is 238 Å². The minimum absolute atomic E-state index is 0.0402. The number of rotatable bonds is 7. The third-order valence-corrected chi connectivity index (χ3v) is 8.76. The molecule has 42 heavy (non-hydrogen) atoms. The first-order valence-corrected chi connectivity index (χ1v) is 13.7. The van der Waals surface area contributed by atoms with E-state index in [-0.39, 0.29) is 69.2 Å². The molecule has 2 saturated heterocycles. The van der Waals surface area contributed by atoms with Crippen LogP contribution in [-0.4, -0.2) is 69.3 Å². The van der Waals surface area contributed by atoms with Gasteiger partial charge in [0, 0.05) is 37.9 Å². The molecule has 0 unspecified atom stereocenters. The summed E-state index contributed by atoms with van der Waals surface area (Å²) in [6.07, 6.45) is -4.71. The van der Waals surface area contributed by atoms with Gasteiger partial charge >= 0.3 is 6.18 Å². The van der Waals surface area contributed by atoms with Crippen LogP contribution >= 0.6 is 0 Å². The zero-order valence-electron chi connectivity index (χ0n) is 22.9. The van der Waals surface area contributed by atoms with Crippen LogP contribution in [0, 0.1) is 0 Å². The van der Waals surface area contributed by atoms with Crippen molar-refractivity contribution in [3.8, 4) is 0 Å². The lowest BCUT2D eigenvalue weighted by Gasteiger charge is -2.43. The number of anilines is 1. The van der Waals surface area contributed by atoms with Crippen LogP contribution in [0.3, 0.4) is 0 Å². The highest BCUT2D eigenvalue weighted by Crippen LogP contribution is 2.47. The molecule has 224 valence electrons. The van der Waals surface area contributed by atoms with Gasteiger partial charge in [-0.25, -0.2) is 8.78 Å². The number of nitrogens with zero attached hydrogens (tertiary/aromatic N) is 5. The average molecular weight is 592 g/mol. The molecule has 1 aromatic heterocycles. The maximum absolute atomic E-state index is 15.9. The molecular formula is C29H30F5N5O3. The van der Waals surface area contributed by atoms with E-state index in [4.69, 9.17) is 4.74 Å². The van der Waals surface area contributed by atoms with E-state index < -0.39 is 41.5 Å². The number of benzene rings is 2. The van der Waals surface area contributed by atoms with E-state index in [1.807, 2.05) is 4.90 Å². The summed E-state index contributed by atoms with van der Waals surface area (Å²) in [5.41, 5.74) is -2.62. The third kappa shape index (κ3) is 4.86. The Bertz CT molecular complexity index is 1500. The molecule has 3 aliphatic heterocycles. The Morgan fingerprint density at radius 1 is 1.14 bits per heavy atom. The van der Waals surface area contributed by atoms with Crippen molar-refractivity contribution in [1.29, 1.82) is 0 Å². The molecule has 0 bridgehead atoms. The first-order valence-electron chi connectivity index (χ1n) is 13.7. The summed E-state index contributed by atoms with van der Waals surface area (Å²) >= 11 is 0. The number of hydrogen-bond acceptors (Lipinski definition) is 6. The summed E-state index contributed by atoms with van der Waals surface area (Å²) in [7, 11) is 1.63. The fraction of sp³-hybridized carbons (Fsp3) is 0.483. The highest BCUT2D eigenvalue weighted by molar-refractivity contribution is 6.10. The number of aliphatic hydroxyl groups excluding tert-OH is 1. The van der Waals surface area contributed by atoms with Crippen LogP contribution in [0.15, 0.2) is 42.7 Å². The molecular weight excluding hydrogens is 561 g/mol. The monoisotopic (exact) mass is 591 g/mol. The van der Waals surface area contributed by atoms with Gasteiger partial charge in [-0.1, -0.05) is 12.1 Å². The van der Waals surface area contributed by atoms with Crippen LogP contribution in [0.25, 0.3) is 0 Å². The number of amides is 1. The van der Waals surface area contributed by atoms with Gasteiger partial charge in [-0.15, -0.1) is 10.2 Å². The number of aromatic nitrogens is 3. The molecule has 2 aromatic carbocycles. The number of carbonyl (C=O) groups excluding carboxylic acids is 1. The maximum atomic E-state index is 15.9. The van der Waals surface area contributed by atoms with Gasteiger partial charge in [-0.05, 0) is 53.8 Å². The van der Waals surface area contributed by atoms with Crippen LogP contribution in [0.2, 0.25) is 0 Å². The summed E-state index contributed by atoms with van der Waals surface area (Å²) in [6, 6.07) is 9.14. The lowest BCUT2D eigenvalue weighted by molar-refractivity contribution is -0.138. The normalized spacial score (nSPS) is 20.8. The number of hydrogen-bond donors (Lipinski definition) is 1. The highest BCUT2D eigenvalue weighted by Gasteiger charge is 2.51. The van der Waals surface area contributed by atoms with E-state index in [0.717, 1.165) is 6.07 Å². The number of likely N-dealkylation sites (tertiary alicyclic amines) is 1. The van der Waals surface area contributed by atoms with Crippen LogP contribution in [0.1, 0.15) is 57.4 Å². The van der Waals surface area contributed by atoms with Gasteiger partial charge < -0.3 is 19.3 Å². The van der Waals surface area contributed by atoms with E-state index in [0.29, 0.717) is 16.8 Å². The van der Waals surface area contributed by atoms with Crippen LogP contribution in [-0.2, 0) is 36.5 Å². The lowest BCUT2D eigenvalue weighted by atomic mass is 9.74. The summed E-state index contributed by atoms with van der Waals surface area (Å²) in [5, 5.41) is 16.9. The van der Waals surface area contributed by atoms with Crippen molar-refractivity contribution in [2.45, 2.75) is 49.4 Å². The van der Waals surface area contributed by atoms with Gasteiger partial charge in [0.2, 0.25) is 0 Å². The summed E-state index contributed by atoms with van der Waals surface area (Å²) in [4.78, 5) is 16.7. The van der Waals surface area contributed by atoms with Crippen LogP contribution < -0.4 is 4.90 Å². The molecule has 0 aliphatic carbocycles. The number of aliphatic hydroxyl groups is 1. The molecule has 3 aromatic rings. The Kier molecular flexibility index (Phi) is 7.09. The number of ether oxygens (including phenoxy) is 1. The highest BCUT2D eigenvalue weighted by atomic mass is 19.4. The molecule has 13 heteroatoms. The van der Waals surface area contributed by atoms with Gasteiger partial charge in [0.05, 0.1) is 37.3 Å². The first kappa shape index (κ1) is 28.7. The molecule has 6 rings (SSSR count). The summed E-state index contributed by atoms with van der Waals surface area (Å²) in [6.45, 7) is -0.0807. The van der Waals surface area contributed by atoms with Crippen LogP contribution in [0.5, 0.6) is 0 Å². The van der Waals surface area contributed by atoms with Crippen molar-refractivity contribution < 1.29 is 36.6 Å². The van der Waals surface area contributed by atoms with Crippen molar-refractivity contribution in [1.82, 2.24) is 19.7 Å². The molecule has 0 spiro atoms. The molecule has 8 nitrogen and oxygen atoms in total. The van der Waals surface area contributed by atoms with E-state index in [9.17, 15) is 27.5 Å². The second-order valence-electron chi connectivity index (χ2n) is 11.5. The second kappa shape index (κ2) is 10.4. The molecule has 1 atom stereocenters. The molecule has 0 radical (unpaired) electrons. The molecule has 1 amide bonds. The Morgan fingerprint density at radius 2 is 1.88 bits per heavy atom. The molecule has 2 fully saturated rings. The van der Waals surface area contributed by atoms with Gasteiger partial charge in [-0.3, -0.25) is 9.69 Å². The predicted molar refractivity (Wildman–Crippen MR) is 141 cm³/mol. The van der Waals surface area contributed by atoms with E-state index in [1.54, 1.807) is 31.3 Å². The van der Waals surface area contributed by atoms with E-state index >= 15 is 4.39 Å². The third-order valence-electron chi connectivity index (χ3n) is 8.76. The Balaban J connectivity index is 1.29. The number of piperidine rings is 1.